The van der Waals surface area contributed by atoms with Crippen LogP contribution in [0.1, 0.15) is 278 Å². The second kappa shape index (κ2) is 44.5. The molecule has 0 spiro atoms. The monoisotopic (exact) mass is 793 g/mol. The van der Waals surface area contributed by atoms with Crippen molar-refractivity contribution >= 4 is 17.9 Å². The molecule has 1 atom stereocenters. The van der Waals surface area contributed by atoms with Crippen molar-refractivity contribution in [2.45, 2.75) is 284 Å². The summed E-state index contributed by atoms with van der Waals surface area (Å²) >= 11 is 0. The summed E-state index contributed by atoms with van der Waals surface area (Å²) in [6.07, 6.45) is 45.4. The van der Waals surface area contributed by atoms with Crippen LogP contribution in [0.25, 0.3) is 0 Å². The zero-order valence-electron chi connectivity index (χ0n) is 38.1. The van der Waals surface area contributed by atoms with Gasteiger partial charge in [0.2, 0.25) is 0 Å². The van der Waals surface area contributed by atoms with E-state index in [9.17, 15) is 14.4 Å². The van der Waals surface area contributed by atoms with Gasteiger partial charge < -0.3 is 14.2 Å². The summed E-state index contributed by atoms with van der Waals surface area (Å²) in [5.74, 6) is -0.0916. The Morgan fingerprint density at radius 3 is 0.875 bits per heavy atom. The minimum atomic E-state index is -0.760. The molecular formula is C50H96O6. The van der Waals surface area contributed by atoms with Crippen LogP contribution < -0.4 is 0 Å². The van der Waals surface area contributed by atoms with Crippen molar-refractivity contribution in [3.05, 3.63) is 0 Å². The molecule has 0 aliphatic heterocycles. The SMILES string of the molecule is CCCCCCCCCCCCCCCCCCCCCC(=O)O[C@@H](COC(=O)CCCCCCCCCCCC)COC(=O)CCCCCCCCC(C)C. The summed E-state index contributed by atoms with van der Waals surface area (Å²) in [5.41, 5.74) is 0. The van der Waals surface area contributed by atoms with Crippen LogP contribution >= 0.6 is 0 Å². The first-order chi connectivity index (χ1) is 27.4. The molecular weight excluding hydrogens is 697 g/mol. The molecule has 0 heterocycles. The topological polar surface area (TPSA) is 78.9 Å². The Labute approximate surface area is 348 Å². The molecule has 0 aliphatic carbocycles. The Kier molecular flexibility index (Phi) is 43.2. The van der Waals surface area contributed by atoms with Crippen LogP contribution in [0.4, 0.5) is 0 Å². The van der Waals surface area contributed by atoms with E-state index in [-0.39, 0.29) is 31.1 Å². The fourth-order valence-electron chi connectivity index (χ4n) is 7.51. The van der Waals surface area contributed by atoms with Crippen molar-refractivity contribution in [2.75, 3.05) is 13.2 Å². The highest BCUT2D eigenvalue weighted by Crippen LogP contribution is 2.17. The number of ether oxygens (including phenoxy) is 3. The number of carbonyl (C=O) groups excluding carboxylic acids is 3. The van der Waals surface area contributed by atoms with Crippen LogP contribution in [0, 0.1) is 5.92 Å². The standard InChI is InChI=1S/C50H96O6/c1-5-7-9-11-13-15-17-18-19-20-21-22-23-24-25-27-29-35-39-43-50(53)56-47(45-55-49(52)42-38-34-31-30-32-36-40-46(3)4)44-54-48(51)41-37-33-28-26-16-14-12-10-8-6-2/h46-47H,5-45H2,1-4H3/t47-/m0/s1. The fraction of sp³-hybridized carbons (Fsp3) is 0.940. The van der Waals surface area contributed by atoms with E-state index < -0.39 is 6.10 Å². The maximum atomic E-state index is 12.7. The summed E-state index contributed by atoms with van der Waals surface area (Å²) in [4.78, 5) is 37.7. The van der Waals surface area contributed by atoms with Gasteiger partial charge in [0.15, 0.2) is 6.10 Å². The molecule has 0 amide bonds. The Balaban J connectivity index is 4.22. The number of rotatable bonds is 45. The summed E-state index contributed by atoms with van der Waals surface area (Å²) in [6, 6.07) is 0. The van der Waals surface area contributed by atoms with Crippen LogP contribution in [-0.2, 0) is 28.6 Å². The lowest BCUT2D eigenvalue weighted by atomic mass is 10.0. The van der Waals surface area contributed by atoms with Crippen LogP contribution in [0.3, 0.4) is 0 Å². The first-order valence-corrected chi connectivity index (χ1v) is 24.9. The number of carbonyl (C=O) groups is 3. The highest BCUT2D eigenvalue weighted by molar-refractivity contribution is 5.71. The van der Waals surface area contributed by atoms with Crippen molar-refractivity contribution in [3.63, 3.8) is 0 Å². The third-order valence-corrected chi connectivity index (χ3v) is 11.3. The third kappa shape index (κ3) is 43.5. The lowest BCUT2D eigenvalue weighted by molar-refractivity contribution is -0.167. The molecule has 0 aromatic heterocycles. The van der Waals surface area contributed by atoms with E-state index in [0.29, 0.717) is 19.3 Å². The summed E-state index contributed by atoms with van der Waals surface area (Å²) in [6.45, 7) is 8.94. The number of esters is 3. The molecule has 0 fully saturated rings. The molecule has 0 unspecified atom stereocenters. The fourth-order valence-corrected chi connectivity index (χ4v) is 7.51. The molecule has 0 saturated carbocycles. The third-order valence-electron chi connectivity index (χ3n) is 11.3. The molecule has 0 aliphatic rings. The molecule has 6 heteroatoms. The van der Waals surface area contributed by atoms with Crippen molar-refractivity contribution in [1.82, 2.24) is 0 Å². The maximum absolute atomic E-state index is 12.7. The van der Waals surface area contributed by atoms with Gasteiger partial charge in [-0.1, -0.05) is 240 Å². The molecule has 0 aromatic rings. The molecule has 0 rings (SSSR count). The van der Waals surface area contributed by atoms with Gasteiger partial charge in [0, 0.05) is 19.3 Å². The van der Waals surface area contributed by atoms with Crippen LogP contribution in [0.2, 0.25) is 0 Å². The predicted octanol–water partition coefficient (Wildman–Crippen LogP) is 15.9. The maximum Gasteiger partial charge on any atom is 0.306 e. The van der Waals surface area contributed by atoms with Gasteiger partial charge in [-0.05, 0) is 25.2 Å². The van der Waals surface area contributed by atoms with Gasteiger partial charge in [-0.25, -0.2) is 0 Å². The summed E-state index contributed by atoms with van der Waals surface area (Å²) < 4.78 is 16.7. The van der Waals surface area contributed by atoms with E-state index in [1.165, 1.54) is 173 Å². The van der Waals surface area contributed by atoms with Crippen molar-refractivity contribution < 1.29 is 28.6 Å². The molecule has 56 heavy (non-hydrogen) atoms. The van der Waals surface area contributed by atoms with Gasteiger partial charge in [0.25, 0.3) is 0 Å². The number of hydrogen-bond acceptors (Lipinski definition) is 6. The van der Waals surface area contributed by atoms with Crippen LogP contribution in [-0.4, -0.2) is 37.2 Å². The number of hydrogen-bond donors (Lipinski definition) is 0. The van der Waals surface area contributed by atoms with E-state index in [0.717, 1.165) is 63.7 Å². The molecule has 6 nitrogen and oxygen atoms in total. The van der Waals surface area contributed by atoms with E-state index in [2.05, 4.69) is 27.7 Å². The molecule has 0 bridgehead atoms. The molecule has 0 aromatic carbocycles. The minimum absolute atomic E-state index is 0.0643. The van der Waals surface area contributed by atoms with E-state index in [1.807, 2.05) is 0 Å². The van der Waals surface area contributed by atoms with Gasteiger partial charge in [0.1, 0.15) is 13.2 Å². The Hall–Kier alpha value is -1.59. The summed E-state index contributed by atoms with van der Waals surface area (Å²) in [5, 5.41) is 0. The average Bonchev–Trinajstić information content (AvgIpc) is 3.18. The van der Waals surface area contributed by atoms with E-state index >= 15 is 0 Å². The van der Waals surface area contributed by atoms with Gasteiger partial charge >= 0.3 is 17.9 Å². The second-order valence-corrected chi connectivity index (χ2v) is 17.6. The predicted molar refractivity (Wildman–Crippen MR) is 238 cm³/mol. The highest BCUT2D eigenvalue weighted by atomic mass is 16.6. The molecule has 332 valence electrons. The zero-order chi connectivity index (χ0) is 41.0. The second-order valence-electron chi connectivity index (χ2n) is 17.6. The van der Waals surface area contributed by atoms with Gasteiger partial charge in [-0.2, -0.15) is 0 Å². The normalized spacial score (nSPS) is 11.9. The Morgan fingerprint density at radius 2 is 0.589 bits per heavy atom. The van der Waals surface area contributed by atoms with Gasteiger partial charge in [-0.3, -0.25) is 14.4 Å². The Bertz CT molecular complexity index is 841. The average molecular weight is 793 g/mol. The van der Waals surface area contributed by atoms with E-state index in [4.69, 9.17) is 14.2 Å². The van der Waals surface area contributed by atoms with Gasteiger partial charge in [-0.15, -0.1) is 0 Å². The largest absolute Gasteiger partial charge is 0.462 e. The summed E-state index contributed by atoms with van der Waals surface area (Å²) in [7, 11) is 0. The van der Waals surface area contributed by atoms with Gasteiger partial charge in [0.05, 0.1) is 0 Å². The number of unbranched alkanes of at least 4 members (excludes halogenated alkanes) is 32. The first kappa shape index (κ1) is 54.4. The van der Waals surface area contributed by atoms with Crippen LogP contribution in [0.15, 0.2) is 0 Å². The van der Waals surface area contributed by atoms with Crippen LogP contribution in [0.5, 0.6) is 0 Å². The molecule has 0 radical (unpaired) electrons. The Morgan fingerprint density at radius 1 is 0.339 bits per heavy atom. The molecule has 0 N–H and O–H groups in total. The first-order valence-electron chi connectivity index (χ1n) is 24.9. The van der Waals surface area contributed by atoms with E-state index in [1.54, 1.807) is 0 Å². The van der Waals surface area contributed by atoms with Crippen molar-refractivity contribution in [2.24, 2.45) is 5.92 Å². The molecule has 0 saturated heterocycles. The van der Waals surface area contributed by atoms with Crippen molar-refractivity contribution in [3.8, 4) is 0 Å². The zero-order valence-corrected chi connectivity index (χ0v) is 38.1. The smallest absolute Gasteiger partial charge is 0.306 e. The lowest BCUT2D eigenvalue weighted by Crippen LogP contribution is -2.30. The highest BCUT2D eigenvalue weighted by Gasteiger charge is 2.19. The van der Waals surface area contributed by atoms with Crippen molar-refractivity contribution in [1.29, 1.82) is 0 Å². The quantitative estimate of drug-likeness (QED) is 0.0347. The minimum Gasteiger partial charge on any atom is -0.462 e. The lowest BCUT2D eigenvalue weighted by Gasteiger charge is -2.18.